The van der Waals surface area contributed by atoms with Crippen LogP contribution in [0.15, 0.2) is 17.3 Å². The number of nitrogens with zero attached hydrogens (tertiary/aromatic N) is 3. The Labute approximate surface area is 102 Å². The first-order chi connectivity index (χ1) is 8.04. The molecule has 0 unspecified atom stereocenters. The topological polar surface area (TPSA) is 81.2 Å². The van der Waals surface area contributed by atoms with Crippen LogP contribution in [0, 0.1) is 0 Å². The molecule has 0 bridgehead atoms. The summed E-state index contributed by atoms with van der Waals surface area (Å²) < 4.78 is 27.5. The Morgan fingerprint density at radius 3 is 2.65 bits per heavy atom. The fraction of sp³-hybridized carbons (Fsp3) is 0.700. The molecule has 0 spiro atoms. The zero-order chi connectivity index (χ0) is 12.9. The van der Waals surface area contributed by atoms with Gasteiger partial charge in [0.2, 0.25) is 0 Å². The quantitative estimate of drug-likeness (QED) is 0.757. The van der Waals surface area contributed by atoms with Crippen molar-refractivity contribution in [2.75, 3.05) is 19.6 Å². The second kappa shape index (κ2) is 6.13. The van der Waals surface area contributed by atoms with Crippen molar-refractivity contribution < 1.29 is 8.42 Å². The number of hydrogen-bond acceptors (Lipinski definition) is 4. The van der Waals surface area contributed by atoms with Crippen molar-refractivity contribution in [3.05, 3.63) is 12.3 Å². The lowest BCUT2D eigenvalue weighted by Gasteiger charge is -2.21. The summed E-state index contributed by atoms with van der Waals surface area (Å²) in [5.74, 6) is 0. The summed E-state index contributed by atoms with van der Waals surface area (Å²) >= 11 is 0. The molecule has 0 saturated heterocycles. The maximum Gasteiger partial charge on any atom is 0.260 e. The van der Waals surface area contributed by atoms with Gasteiger partial charge in [-0.05, 0) is 25.5 Å². The Hall–Kier alpha value is -0.920. The van der Waals surface area contributed by atoms with Crippen LogP contribution < -0.4 is 5.73 Å². The smallest absolute Gasteiger partial charge is 0.260 e. The van der Waals surface area contributed by atoms with Crippen molar-refractivity contribution in [2.45, 2.75) is 24.8 Å². The third kappa shape index (κ3) is 3.27. The molecule has 0 aliphatic carbocycles. The summed E-state index contributed by atoms with van der Waals surface area (Å²) in [6.07, 6.45) is 2.93. The van der Waals surface area contributed by atoms with E-state index in [2.05, 4.69) is 5.10 Å². The highest BCUT2D eigenvalue weighted by atomic mass is 32.2. The maximum absolute atomic E-state index is 12.3. The molecule has 1 aromatic heterocycles. The number of nitrogens with two attached hydrogens (primary N) is 1. The van der Waals surface area contributed by atoms with Gasteiger partial charge < -0.3 is 5.73 Å². The van der Waals surface area contributed by atoms with Gasteiger partial charge in [-0.1, -0.05) is 6.92 Å². The van der Waals surface area contributed by atoms with Crippen molar-refractivity contribution in [2.24, 2.45) is 12.8 Å². The van der Waals surface area contributed by atoms with Crippen molar-refractivity contribution in [3.63, 3.8) is 0 Å². The Balaban J connectivity index is 2.96. The fourth-order valence-corrected chi connectivity index (χ4v) is 3.29. The van der Waals surface area contributed by atoms with Crippen LogP contribution in [0.5, 0.6) is 0 Å². The van der Waals surface area contributed by atoms with Crippen LogP contribution in [0.2, 0.25) is 0 Å². The standard InChI is InChI=1S/C10H20N4O2S/c1-3-8-14(9-4-6-11)17(15,16)10-5-7-12-13(10)2/h5,7H,3-4,6,8-9,11H2,1-2H3. The van der Waals surface area contributed by atoms with Gasteiger partial charge >= 0.3 is 0 Å². The summed E-state index contributed by atoms with van der Waals surface area (Å²) in [5, 5.41) is 4.12. The molecule has 0 saturated carbocycles. The van der Waals surface area contributed by atoms with Gasteiger partial charge in [0.05, 0.1) is 6.20 Å². The number of hydrogen-bond donors (Lipinski definition) is 1. The highest BCUT2D eigenvalue weighted by Gasteiger charge is 2.25. The lowest BCUT2D eigenvalue weighted by Crippen LogP contribution is -2.34. The van der Waals surface area contributed by atoms with Crippen LogP contribution in [0.25, 0.3) is 0 Å². The van der Waals surface area contributed by atoms with E-state index in [1.165, 1.54) is 21.3 Å². The van der Waals surface area contributed by atoms with Crippen LogP contribution in [0.4, 0.5) is 0 Å². The lowest BCUT2D eigenvalue weighted by molar-refractivity contribution is 0.401. The molecular formula is C10H20N4O2S. The zero-order valence-electron chi connectivity index (χ0n) is 10.3. The van der Waals surface area contributed by atoms with Gasteiger partial charge in [0, 0.05) is 20.1 Å². The molecular weight excluding hydrogens is 240 g/mol. The molecule has 7 heteroatoms. The number of aromatic nitrogens is 2. The van der Waals surface area contributed by atoms with Gasteiger partial charge in [0.1, 0.15) is 0 Å². The summed E-state index contributed by atoms with van der Waals surface area (Å²) in [5.41, 5.74) is 5.43. The molecule has 0 aliphatic heterocycles. The predicted octanol–water partition coefficient (Wildman–Crippen LogP) is 0.170. The number of aryl methyl sites for hydroxylation is 1. The van der Waals surface area contributed by atoms with Crippen LogP contribution in [-0.2, 0) is 17.1 Å². The van der Waals surface area contributed by atoms with Crippen molar-refractivity contribution in [3.8, 4) is 0 Å². The fourth-order valence-electron chi connectivity index (χ4n) is 1.62. The van der Waals surface area contributed by atoms with Gasteiger partial charge in [-0.3, -0.25) is 4.68 Å². The monoisotopic (exact) mass is 260 g/mol. The van der Waals surface area contributed by atoms with E-state index in [1.807, 2.05) is 6.92 Å². The summed E-state index contributed by atoms with van der Waals surface area (Å²) in [6, 6.07) is 1.51. The van der Waals surface area contributed by atoms with E-state index in [4.69, 9.17) is 5.73 Å². The molecule has 1 rings (SSSR count). The Morgan fingerprint density at radius 1 is 1.47 bits per heavy atom. The highest BCUT2D eigenvalue weighted by molar-refractivity contribution is 7.89. The predicted molar refractivity (Wildman–Crippen MR) is 65.9 cm³/mol. The van der Waals surface area contributed by atoms with Crippen LogP contribution in [-0.4, -0.2) is 42.1 Å². The van der Waals surface area contributed by atoms with Crippen molar-refractivity contribution in [1.29, 1.82) is 0 Å². The van der Waals surface area contributed by atoms with E-state index in [1.54, 1.807) is 7.05 Å². The second-order valence-corrected chi connectivity index (χ2v) is 5.72. The Morgan fingerprint density at radius 2 is 2.18 bits per heavy atom. The van der Waals surface area contributed by atoms with E-state index >= 15 is 0 Å². The first kappa shape index (κ1) is 14.1. The SMILES string of the molecule is CCCN(CCCN)S(=O)(=O)c1ccnn1C. The molecule has 0 aromatic carbocycles. The van der Waals surface area contributed by atoms with E-state index < -0.39 is 10.0 Å². The van der Waals surface area contributed by atoms with Crippen molar-refractivity contribution >= 4 is 10.0 Å². The van der Waals surface area contributed by atoms with Crippen LogP contribution in [0.3, 0.4) is 0 Å². The molecule has 6 nitrogen and oxygen atoms in total. The lowest BCUT2D eigenvalue weighted by atomic mass is 10.4. The molecule has 98 valence electrons. The first-order valence-electron chi connectivity index (χ1n) is 5.72. The first-order valence-corrected chi connectivity index (χ1v) is 7.16. The molecule has 0 fully saturated rings. The van der Waals surface area contributed by atoms with E-state index in [0.29, 0.717) is 26.1 Å². The van der Waals surface area contributed by atoms with E-state index in [9.17, 15) is 8.42 Å². The normalized spacial score (nSPS) is 12.2. The number of rotatable bonds is 7. The molecule has 0 atom stereocenters. The molecule has 0 radical (unpaired) electrons. The minimum atomic E-state index is -3.44. The zero-order valence-corrected chi connectivity index (χ0v) is 11.2. The van der Waals surface area contributed by atoms with E-state index in [-0.39, 0.29) is 5.03 Å². The molecule has 17 heavy (non-hydrogen) atoms. The third-order valence-electron chi connectivity index (χ3n) is 2.46. The minimum Gasteiger partial charge on any atom is -0.330 e. The van der Waals surface area contributed by atoms with E-state index in [0.717, 1.165) is 6.42 Å². The maximum atomic E-state index is 12.3. The largest absolute Gasteiger partial charge is 0.330 e. The summed E-state index contributed by atoms with van der Waals surface area (Å²) in [7, 11) is -1.82. The van der Waals surface area contributed by atoms with Crippen LogP contribution in [0.1, 0.15) is 19.8 Å². The average molecular weight is 260 g/mol. The van der Waals surface area contributed by atoms with Crippen molar-refractivity contribution in [1.82, 2.24) is 14.1 Å². The minimum absolute atomic E-state index is 0.225. The van der Waals surface area contributed by atoms with Gasteiger partial charge in [0.15, 0.2) is 5.03 Å². The van der Waals surface area contributed by atoms with Gasteiger partial charge in [-0.25, -0.2) is 8.42 Å². The molecule has 0 aliphatic rings. The average Bonchev–Trinajstić information content (AvgIpc) is 2.71. The molecule has 0 amide bonds. The Bertz CT molecular complexity index is 441. The Kier molecular flexibility index (Phi) is 5.10. The van der Waals surface area contributed by atoms with Gasteiger partial charge in [-0.2, -0.15) is 9.40 Å². The van der Waals surface area contributed by atoms with Gasteiger partial charge in [0.25, 0.3) is 10.0 Å². The van der Waals surface area contributed by atoms with Crippen LogP contribution >= 0.6 is 0 Å². The summed E-state index contributed by atoms with van der Waals surface area (Å²) in [6.45, 7) is 3.40. The highest BCUT2D eigenvalue weighted by Crippen LogP contribution is 2.14. The van der Waals surface area contributed by atoms with Gasteiger partial charge in [-0.15, -0.1) is 0 Å². The third-order valence-corrected chi connectivity index (χ3v) is 4.44. The number of sulfonamides is 1. The molecule has 1 aromatic rings. The summed E-state index contributed by atoms with van der Waals surface area (Å²) in [4.78, 5) is 0. The molecule has 1 heterocycles. The molecule has 2 N–H and O–H groups in total. The second-order valence-electron chi connectivity index (χ2n) is 3.84.